The first-order valence-corrected chi connectivity index (χ1v) is 5.96. The molecule has 2 atom stereocenters. The zero-order valence-corrected chi connectivity index (χ0v) is 9.32. The minimum atomic E-state index is -0.960. The third-order valence-electron chi connectivity index (χ3n) is 3.52. The largest absolute Gasteiger partial charge is 0.465 e. The normalized spacial score (nSPS) is 30.5. The SMILES string of the molecule is O=C(O)NC1CCC[C@@H](N2CCCC2=O)C1. The first-order chi connectivity index (χ1) is 7.66. The lowest BCUT2D eigenvalue weighted by Gasteiger charge is -2.35. The first kappa shape index (κ1) is 11.2. The van der Waals surface area contributed by atoms with Crippen LogP contribution in [0.5, 0.6) is 0 Å². The highest BCUT2D eigenvalue weighted by Gasteiger charge is 2.32. The molecule has 0 aromatic carbocycles. The van der Waals surface area contributed by atoms with Gasteiger partial charge in [-0.25, -0.2) is 4.79 Å². The highest BCUT2D eigenvalue weighted by atomic mass is 16.4. The van der Waals surface area contributed by atoms with E-state index in [0.29, 0.717) is 6.42 Å². The van der Waals surface area contributed by atoms with Crippen molar-refractivity contribution in [3.8, 4) is 0 Å². The molecule has 5 heteroatoms. The Morgan fingerprint density at radius 1 is 1.38 bits per heavy atom. The van der Waals surface area contributed by atoms with Crippen LogP contribution in [0.25, 0.3) is 0 Å². The molecule has 2 rings (SSSR count). The van der Waals surface area contributed by atoms with Gasteiger partial charge in [-0.1, -0.05) is 0 Å². The van der Waals surface area contributed by atoms with Gasteiger partial charge in [0.1, 0.15) is 0 Å². The van der Waals surface area contributed by atoms with Gasteiger partial charge in [-0.3, -0.25) is 4.79 Å². The summed E-state index contributed by atoms with van der Waals surface area (Å²) in [6.45, 7) is 0.850. The maximum atomic E-state index is 11.6. The summed E-state index contributed by atoms with van der Waals surface area (Å²) < 4.78 is 0. The molecule has 2 amide bonds. The van der Waals surface area contributed by atoms with E-state index in [0.717, 1.165) is 38.6 Å². The molecular formula is C11H18N2O3. The average Bonchev–Trinajstić information content (AvgIpc) is 2.64. The summed E-state index contributed by atoms with van der Waals surface area (Å²) in [6, 6.07) is 0.269. The van der Waals surface area contributed by atoms with Crippen LogP contribution >= 0.6 is 0 Å². The van der Waals surface area contributed by atoms with Gasteiger partial charge in [-0.05, 0) is 32.1 Å². The Morgan fingerprint density at radius 2 is 2.19 bits per heavy atom. The number of carbonyl (C=O) groups excluding carboxylic acids is 1. The molecule has 1 aliphatic heterocycles. The first-order valence-electron chi connectivity index (χ1n) is 5.96. The van der Waals surface area contributed by atoms with E-state index in [1.54, 1.807) is 0 Å². The third-order valence-corrected chi connectivity index (χ3v) is 3.52. The fourth-order valence-corrected chi connectivity index (χ4v) is 2.81. The van der Waals surface area contributed by atoms with Crippen molar-refractivity contribution in [2.24, 2.45) is 0 Å². The van der Waals surface area contributed by atoms with Crippen molar-refractivity contribution >= 4 is 12.0 Å². The standard InChI is InChI=1S/C11H18N2O3/c14-10-5-2-6-13(10)9-4-1-3-8(7-9)12-11(15)16/h8-9,12H,1-7H2,(H,15,16)/t8?,9-/m1/s1. The molecule has 1 heterocycles. The quantitative estimate of drug-likeness (QED) is 0.743. The molecule has 0 bridgehead atoms. The fraction of sp³-hybridized carbons (Fsp3) is 0.818. The van der Waals surface area contributed by atoms with E-state index in [1.165, 1.54) is 0 Å². The Bertz CT molecular complexity index is 293. The van der Waals surface area contributed by atoms with E-state index in [9.17, 15) is 9.59 Å². The minimum absolute atomic E-state index is 0.0182. The van der Waals surface area contributed by atoms with Crippen LogP contribution in [0.3, 0.4) is 0 Å². The molecule has 5 nitrogen and oxygen atoms in total. The van der Waals surface area contributed by atoms with Crippen molar-refractivity contribution in [3.63, 3.8) is 0 Å². The van der Waals surface area contributed by atoms with Gasteiger partial charge >= 0.3 is 6.09 Å². The second-order valence-corrected chi connectivity index (χ2v) is 4.66. The molecule has 1 unspecified atom stereocenters. The minimum Gasteiger partial charge on any atom is -0.465 e. The molecule has 2 fully saturated rings. The number of carbonyl (C=O) groups is 2. The second kappa shape index (κ2) is 4.72. The summed E-state index contributed by atoms with van der Waals surface area (Å²) in [5, 5.41) is 11.2. The van der Waals surface area contributed by atoms with Gasteiger partial charge in [0, 0.05) is 25.0 Å². The van der Waals surface area contributed by atoms with Crippen LogP contribution in [0.4, 0.5) is 4.79 Å². The van der Waals surface area contributed by atoms with Gasteiger partial charge < -0.3 is 15.3 Å². The fourth-order valence-electron chi connectivity index (χ4n) is 2.81. The molecule has 2 aliphatic rings. The number of rotatable bonds is 2. The lowest BCUT2D eigenvalue weighted by atomic mass is 9.90. The zero-order valence-electron chi connectivity index (χ0n) is 9.32. The maximum absolute atomic E-state index is 11.6. The molecule has 90 valence electrons. The summed E-state index contributed by atoms with van der Waals surface area (Å²) in [6.07, 6.45) is 4.34. The molecule has 0 aromatic heterocycles. The predicted molar refractivity (Wildman–Crippen MR) is 58.2 cm³/mol. The van der Waals surface area contributed by atoms with E-state index in [-0.39, 0.29) is 18.0 Å². The third kappa shape index (κ3) is 2.46. The van der Waals surface area contributed by atoms with Crippen molar-refractivity contribution in [3.05, 3.63) is 0 Å². The molecule has 1 saturated heterocycles. The lowest BCUT2D eigenvalue weighted by Crippen LogP contribution is -2.46. The highest BCUT2D eigenvalue weighted by Crippen LogP contribution is 2.26. The molecule has 16 heavy (non-hydrogen) atoms. The number of nitrogens with one attached hydrogen (secondary N) is 1. The summed E-state index contributed by atoms with van der Waals surface area (Å²) in [5.74, 6) is 0.237. The van der Waals surface area contributed by atoms with Crippen LogP contribution in [0, 0.1) is 0 Å². The zero-order chi connectivity index (χ0) is 11.5. The molecule has 1 saturated carbocycles. The monoisotopic (exact) mass is 226 g/mol. The van der Waals surface area contributed by atoms with E-state index in [1.807, 2.05) is 4.90 Å². The molecule has 0 aromatic rings. The Hall–Kier alpha value is -1.26. The van der Waals surface area contributed by atoms with E-state index < -0.39 is 6.09 Å². The maximum Gasteiger partial charge on any atom is 0.404 e. The molecule has 2 N–H and O–H groups in total. The van der Waals surface area contributed by atoms with Gasteiger partial charge in [0.25, 0.3) is 0 Å². The van der Waals surface area contributed by atoms with Crippen molar-refractivity contribution in [2.45, 2.75) is 50.6 Å². The Labute approximate surface area is 94.8 Å². The summed E-state index contributed by atoms with van der Waals surface area (Å²) in [4.78, 5) is 24.1. The smallest absolute Gasteiger partial charge is 0.404 e. The molecule has 1 aliphatic carbocycles. The van der Waals surface area contributed by atoms with Crippen molar-refractivity contribution in [2.75, 3.05) is 6.54 Å². The topological polar surface area (TPSA) is 69.6 Å². The number of carboxylic acid groups (broad SMARTS) is 1. The van der Waals surface area contributed by atoms with E-state index in [2.05, 4.69) is 5.32 Å². The van der Waals surface area contributed by atoms with Gasteiger partial charge in [-0.15, -0.1) is 0 Å². The Balaban J connectivity index is 1.90. The van der Waals surface area contributed by atoms with Crippen LogP contribution in [-0.2, 0) is 4.79 Å². The van der Waals surface area contributed by atoms with Crippen LogP contribution in [0.15, 0.2) is 0 Å². The van der Waals surface area contributed by atoms with Crippen LogP contribution in [0.1, 0.15) is 38.5 Å². The van der Waals surface area contributed by atoms with Crippen molar-refractivity contribution in [1.29, 1.82) is 0 Å². The average molecular weight is 226 g/mol. The number of hydrogen-bond acceptors (Lipinski definition) is 2. The highest BCUT2D eigenvalue weighted by molar-refractivity contribution is 5.78. The van der Waals surface area contributed by atoms with Crippen LogP contribution in [-0.4, -0.2) is 40.6 Å². The summed E-state index contributed by atoms with van der Waals surface area (Å²) in [7, 11) is 0. The van der Waals surface area contributed by atoms with Gasteiger partial charge in [-0.2, -0.15) is 0 Å². The van der Waals surface area contributed by atoms with Crippen molar-refractivity contribution in [1.82, 2.24) is 10.2 Å². The molecule has 0 radical (unpaired) electrons. The van der Waals surface area contributed by atoms with Gasteiger partial charge in [0.2, 0.25) is 5.91 Å². The van der Waals surface area contributed by atoms with Crippen molar-refractivity contribution < 1.29 is 14.7 Å². The number of likely N-dealkylation sites (tertiary alicyclic amines) is 1. The molecular weight excluding hydrogens is 208 g/mol. The number of hydrogen-bond donors (Lipinski definition) is 2. The lowest BCUT2D eigenvalue weighted by molar-refractivity contribution is -0.130. The Morgan fingerprint density at radius 3 is 2.81 bits per heavy atom. The Kier molecular flexibility index (Phi) is 3.31. The number of amides is 2. The second-order valence-electron chi connectivity index (χ2n) is 4.66. The summed E-state index contributed by atoms with van der Waals surface area (Å²) in [5.41, 5.74) is 0. The van der Waals surface area contributed by atoms with Gasteiger partial charge in [0.05, 0.1) is 0 Å². The summed E-state index contributed by atoms with van der Waals surface area (Å²) >= 11 is 0. The van der Waals surface area contributed by atoms with Crippen LogP contribution < -0.4 is 5.32 Å². The van der Waals surface area contributed by atoms with Gasteiger partial charge in [0.15, 0.2) is 0 Å². The number of nitrogens with zero attached hydrogens (tertiary/aromatic N) is 1. The van der Waals surface area contributed by atoms with Crippen LogP contribution in [0.2, 0.25) is 0 Å². The predicted octanol–water partition coefficient (Wildman–Crippen LogP) is 1.19. The van der Waals surface area contributed by atoms with E-state index >= 15 is 0 Å². The molecule has 0 spiro atoms. The van der Waals surface area contributed by atoms with E-state index in [4.69, 9.17) is 5.11 Å².